The topological polar surface area (TPSA) is 38.0 Å². The summed E-state index contributed by atoms with van der Waals surface area (Å²) in [6.07, 6.45) is 1.89. The van der Waals surface area contributed by atoms with Crippen LogP contribution in [-0.2, 0) is 5.33 Å². The first-order chi connectivity index (χ1) is 6.79. The summed E-state index contributed by atoms with van der Waals surface area (Å²) in [7, 11) is 0. The molecule has 0 aliphatic heterocycles. The molecule has 0 amide bonds. The number of rotatable bonds is 2. The standard InChI is InChI=1S/C10H9BrN2O/c11-7-8-5-6-13(12-8)9-1-3-10(14)4-2-9/h1-6,14H,7H2. The second-order valence-electron chi connectivity index (χ2n) is 2.90. The highest BCUT2D eigenvalue weighted by atomic mass is 79.9. The first kappa shape index (κ1) is 9.27. The molecule has 0 aliphatic carbocycles. The summed E-state index contributed by atoms with van der Waals surface area (Å²) >= 11 is 3.34. The van der Waals surface area contributed by atoms with Crippen LogP contribution < -0.4 is 0 Å². The van der Waals surface area contributed by atoms with E-state index in [-0.39, 0.29) is 5.75 Å². The van der Waals surface area contributed by atoms with Crippen LogP contribution in [0.3, 0.4) is 0 Å². The van der Waals surface area contributed by atoms with E-state index in [0.29, 0.717) is 0 Å². The molecule has 2 rings (SSSR count). The number of hydrogen-bond donors (Lipinski definition) is 1. The Kier molecular flexibility index (Phi) is 2.54. The smallest absolute Gasteiger partial charge is 0.115 e. The highest BCUT2D eigenvalue weighted by Gasteiger charge is 1.99. The van der Waals surface area contributed by atoms with Crippen molar-refractivity contribution >= 4 is 15.9 Å². The Hall–Kier alpha value is -1.29. The fourth-order valence-corrected chi connectivity index (χ4v) is 1.48. The van der Waals surface area contributed by atoms with E-state index in [1.165, 1.54) is 0 Å². The van der Waals surface area contributed by atoms with Gasteiger partial charge >= 0.3 is 0 Å². The summed E-state index contributed by atoms with van der Waals surface area (Å²) in [6.45, 7) is 0. The minimum atomic E-state index is 0.265. The van der Waals surface area contributed by atoms with Crippen molar-refractivity contribution in [3.8, 4) is 11.4 Å². The van der Waals surface area contributed by atoms with Crippen molar-refractivity contribution in [3.63, 3.8) is 0 Å². The lowest BCUT2D eigenvalue weighted by Gasteiger charge is -2.00. The molecule has 1 aromatic heterocycles. The number of phenolic OH excluding ortho intramolecular Hbond substituents is 1. The van der Waals surface area contributed by atoms with Gasteiger partial charge < -0.3 is 5.11 Å². The van der Waals surface area contributed by atoms with E-state index in [1.807, 2.05) is 24.4 Å². The largest absolute Gasteiger partial charge is 0.508 e. The van der Waals surface area contributed by atoms with Crippen molar-refractivity contribution in [1.29, 1.82) is 0 Å². The van der Waals surface area contributed by atoms with E-state index >= 15 is 0 Å². The van der Waals surface area contributed by atoms with E-state index in [1.54, 1.807) is 16.8 Å². The number of aromatic nitrogens is 2. The number of nitrogens with zero attached hydrogens (tertiary/aromatic N) is 2. The zero-order chi connectivity index (χ0) is 9.97. The number of hydrogen-bond acceptors (Lipinski definition) is 2. The van der Waals surface area contributed by atoms with Gasteiger partial charge in [0, 0.05) is 11.5 Å². The molecule has 1 heterocycles. The molecule has 0 bridgehead atoms. The lowest BCUT2D eigenvalue weighted by molar-refractivity contribution is 0.475. The summed E-state index contributed by atoms with van der Waals surface area (Å²) in [5.41, 5.74) is 1.92. The Bertz CT molecular complexity index is 422. The molecule has 14 heavy (non-hydrogen) atoms. The van der Waals surface area contributed by atoms with Crippen molar-refractivity contribution in [2.75, 3.05) is 0 Å². The zero-order valence-electron chi connectivity index (χ0n) is 7.39. The van der Waals surface area contributed by atoms with Crippen LogP contribution in [0.4, 0.5) is 0 Å². The van der Waals surface area contributed by atoms with Gasteiger partial charge in [-0.1, -0.05) is 15.9 Å². The zero-order valence-corrected chi connectivity index (χ0v) is 8.98. The monoisotopic (exact) mass is 252 g/mol. The predicted octanol–water partition coefficient (Wildman–Crippen LogP) is 2.47. The minimum absolute atomic E-state index is 0.265. The van der Waals surface area contributed by atoms with Crippen LogP contribution in [0.1, 0.15) is 5.69 Å². The maximum atomic E-state index is 9.12. The molecule has 0 unspecified atom stereocenters. The first-order valence-electron chi connectivity index (χ1n) is 4.19. The molecule has 4 heteroatoms. The molecule has 0 fully saturated rings. The normalized spacial score (nSPS) is 10.4. The van der Waals surface area contributed by atoms with Crippen LogP contribution in [0.25, 0.3) is 5.69 Å². The molecule has 0 aliphatic rings. The summed E-state index contributed by atoms with van der Waals surface area (Å²) in [5.74, 6) is 0.265. The molecule has 0 atom stereocenters. The predicted molar refractivity (Wildman–Crippen MR) is 57.9 cm³/mol. The van der Waals surface area contributed by atoms with E-state index < -0.39 is 0 Å². The Morgan fingerprint density at radius 2 is 1.93 bits per heavy atom. The van der Waals surface area contributed by atoms with Crippen LogP contribution in [0.2, 0.25) is 0 Å². The molecule has 1 N–H and O–H groups in total. The third-order valence-corrected chi connectivity index (χ3v) is 2.47. The van der Waals surface area contributed by atoms with Crippen LogP contribution in [0.5, 0.6) is 5.75 Å². The van der Waals surface area contributed by atoms with Crippen molar-refractivity contribution in [1.82, 2.24) is 9.78 Å². The molecule has 0 spiro atoms. The summed E-state index contributed by atoms with van der Waals surface area (Å²) in [5, 5.41) is 14.2. The number of alkyl halides is 1. The third kappa shape index (κ3) is 1.80. The van der Waals surface area contributed by atoms with Gasteiger partial charge in [-0.15, -0.1) is 0 Å². The second-order valence-corrected chi connectivity index (χ2v) is 3.46. The fraction of sp³-hybridized carbons (Fsp3) is 0.100. The van der Waals surface area contributed by atoms with Gasteiger partial charge in [0.15, 0.2) is 0 Å². The molecule has 0 saturated heterocycles. The summed E-state index contributed by atoms with van der Waals surface area (Å²) < 4.78 is 1.77. The summed E-state index contributed by atoms with van der Waals surface area (Å²) in [4.78, 5) is 0. The molecule has 3 nitrogen and oxygen atoms in total. The third-order valence-electron chi connectivity index (χ3n) is 1.90. The van der Waals surface area contributed by atoms with Crippen LogP contribution in [0, 0.1) is 0 Å². The SMILES string of the molecule is Oc1ccc(-n2ccc(CBr)n2)cc1. The second kappa shape index (κ2) is 3.84. The Balaban J connectivity index is 2.34. The van der Waals surface area contributed by atoms with Gasteiger partial charge in [0.25, 0.3) is 0 Å². The van der Waals surface area contributed by atoms with E-state index in [9.17, 15) is 0 Å². The number of halogens is 1. The average Bonchev–Trinajstić information content (AvgIpc) is 2.67. The quantitative estimate of drug-likeness (QED) is 0.835. The van der Waals surface area contributed by atoms with Crippen molar-refractivity contribution in [3.05, 3.63) is 42.2 Å². The fourth-order valence-electron chi connectivity index (χ4n) is 1.18. The first-order valence-corrected chi connectivity index (χ1v) is 5.31. The summed E-state index contributed by atoms with van der Waals surface area (Å²) in [6, 6.07) is 8.87. The molecule has 2 aromatic rings. The Morgan fingerprint density at radius 1 is 1.21 bits per heavy atom. The van der Waals surface area contributed by atoms with Gasteiger partial charge in [0.2, 0.25) is 0 Å². The molecule has 72 valence electrons. The molecule has 0 radical (unpaired) electrons. The minimum Gasteiger partial charge on any atom is -0.508 e. The molecular weight excluding hydrogens is 244 g/mol. The Labute approximate surface area is 90.1 Å². The van der Waals surface area contributed by atoms with Gasteiger partial charge in [0.1, 0.15) is 5.75 Å². The number of phenols is 1. The van der Waals surface area contributed by atoms with Gasteiger partial charge in [0.05, 0.1) is 11.4 Å². The molecular formula is C10H9BrN2O. The van der Waals surface area contributed by atoms with E-state index in [2.05, 4.69) is 21.0 Å². The van der Waals surface area contributed by atoms with Crippen molar-refractivity contribution in [2.24, 2.45) is 0 Å². The van der Waals surface area contributed by atoms with E-state index in [0.717, 1.165) is 16.7 Å². The van der Waals surface area contributed by atoms with Gasteiger partial charge in [-0.05, 0) is 30.3 Å². The lowest BCUT2D eigenvalue weighted by Crippen LogP contribution is -1.94. The van der Waals surface area contributed by atoms with Gasteiger partial charge in [-0.25, -0.2) is 4.68 Å². The maximum absolute atomic E-state index is 9.12. The molecule has 0 saturated carbocycles. The molecule has 1 aromatic carbocycles. The van der Waals surface area contributed by atoms with Crippen molar-refractivity contribution in [2.45, 2.75) is 5.33 Å². The van der Waals surface area contributed by atoms with Crippen LogP contribution in [-0.4, -0.2) is 14.9 Å². The Morgan fingerprint density at radius 3 is 2.50 bits per heavy atom. The van der Waals surface area contributed by atoms with Crippen LogP contribution in [0.15, 0.2) is 36.5 Å². The van der Waals surface area contributed by atoms with Gasteiger partial charge in [-0.3, -0.25) is 0 Å². The number of aromatic hydroxyl groups is 1. The maximum Gasteiger partial charge on any atom is 0.115 e. The lowest BCUT2D eigenvalue weighted by atomic mass is 10.3. The van der Waals surface area contributed by atoms with E-state index in [4.69, 9.17) is 5.11 Å². The van der Waals surface area contributed by atoms with Gasteiger partial charge in [-0.2, -0.15) is 5.10 Å². The average molecular weight is 253 g/mol. The van der Waals surface area contributed by atoms with Crippen molar-refractivity contribution < 1.29 is 5.11 Å². The number of benzene rings is 1. The highest BCUT2D eigenvalue weighted by molar-refractivity contribution is 9.08. The van der Waals surface area contributed by atoms with Crippen LogP contribution >= 0.6 is 15.9 Å². The highest BCUT2D eigenvalue weighted by Crippen LogP contribution is 2.13.